The van der Waals surface area contributed by atoms with Crippen molar-refractivity contribution in [2.45, 2.75) is 0 Å². The van der Waals surface area contributed by atoms with Crippen molar-refractivity contribution in [3.8, 4) is 11.8 Å². The van der Waals surface area contributed by atoms with Gasteiger partial charge in [0.2, 0.25) is 0 Å². The van der Waals surface area contributed by atoms with Gasteiger partial charge in [-0.3, -0.25) is 0 Å². The first kappa shape index (κ1) is 22.5. The van der Waals surface area contributed by atoms with Crippen molar-refractivity contribution in [1.82, 2.24) is 0 Å². The number of hydrogen-bond donors (Lipinski definition) is 0. The quantitative estimate of drug-likeness (QED) is 0.279. The average Bonchev–Trinajstić information content (AvgIpc) is 2.90. The van der Waals surface area contributed by atoms with E-state index in [1.54, 1.807) is 0 Å². The minimum atomic E-state index is -2.98. The fraction of sp³-hybridized carbons (Fsp3) is 0.0667. The van der Waals surface area contributed by atoms with Gasteiger partial charge in [-0.25, -0.2) is 0 Å². The maximum absolute atomic E-state index is 6.64. The molecule has 0 aromatic heterocycles. The molecule has 4 rings (SSSR count). The van der Waals surface area contributed by atoms with E-state index in [2.05, 4.69) is 54.3 Å². The Balaban J connectivity index is 1.61. The number of benzene rings is 4. The summed E-state index contributed by atoms with van der Waals surface area (Å²) in [5.41, 5.74) is 2.11. The van der Waals surface area contributed by atoms with Crippen LogP contribution in [0.1, 0.15) is 11.1 Å². The summed E-state index contributed by atoms with van der Waals surface area (Å²) in [6, 6.07) is 40.7. The highest BCUT2D eigenvalue weighted by Crippen LogP contribution is 2.11. The maximum atomic E-state index is 6.64. The largest absolute Gasteiger partial charge is 0.408 e. The third kappa shape index (κ3) is 6.18. The molecule has 0 spiro atoms. The third-order valence-corrected chi connectivity index (χ3v) is 8.47. The van der Waals surface area contributed by atoms with E-state index in [1.807, 2.05) is 91.0 Å². The van der Waals surface area contributed by atoms with Crippen molar-refractivity contribution in [3.63, 3.8) is 0 Å². The Labute approximate surface area is 197 Å². The Bertz CT molecular complexity index is 1160. The highest BCUT2D eigenvalue weighted by atomic mass is 28.4. The molecule has 0 saturated heterocycles. The summed E-state index contributed by atoms with van der Waals surface area (Å²) < 4.78 is 13.2. The zero-order valence-electron chi connectivity index (χ0n) is 18.4. The molecule has 0 aliphatic heterocycles. The molecule has 0 heterocycles. The van der Waals surface area contributed by atoms with E-state index in [1.165, 1.54) is 0 Å². The van der Waals surface area contributed by atoms with Crippen molar-refractivity contribution in [3.05, 3.63) is 139 Å². The average molecular weight is 447 g/mol. The molecule has 0 aliphatic carbocycles. The summed E-state index contributed by atoms with van der Waals surface area (Å²) in [5.74, 6) is 6.36. The molecule has 0 amide bonds. The molecule has 4 aromatic rings. The van der Waals surface area contributed by atoms with Gasteiger partial charge in [-0.05, 0) is 28.1 Å². The van der Waals surface area contributed by atoms with Gasteiger partial charge in [0, 0.05) is 5.56 Å². The Morgan fingerprint density at radius 2 is 1.12 bits per heavy atom. The van der Waals surface area contributed by atoms with E-state index in [4.69, 9.17) is 8.85 Å². The lowest BCUT2D eigenvalue weighted by Gasteiger charge is -2.30. The molecule has 0 radical (unpaired) electrons. The highest BCUT2D eigenvalue weighted by molar-refractivity contribution is 6.92. The van der Waals surface area contributed by atoms with Crippen LogP contribution >= 0.6 is 0 Å². The highest BCUT2D eigenvalue weighted by Gasteiger charge is 2.42. The first-order valence-corrected chi connectivity index (χ1v) is 12.8. The third-order valence-electron chi connectivity index (χ3n) is 5.15. The minimum absolute atomic E-state index is 0.285. The van der Waals surface area contributed by atoms with Crippen LogP contribution in [-0.2, 0) is 8.85 Å². The van der Waals surface area contributed by atoms with Crippen LogP contribution in [-0.4, -0.2) is 21.8 Å². The van der Waals surface area contributed by atoms with Crippen LogP contribution in [0.25, 0.3) is 6.08 Å². The molecule has 0 fully saturated rings. The molecular formula is C30H26O2Si. The van der Waals surface area contributed by atoms with Crippen molar-refractivity contribution in [1.29, 1.82) is 0 Å². The molecule has 2 nitrogen and oxygen atoms in total. The molecule has 3 heteroatoms. The van der Waals surface area contributed by atoms with Gasteiger partial charge < -0.3 is 8.85 Å². The van der Waals surface area contributed by atoms with E-state index >= 15 is 0 Å². The first-order valence-electron chi connectivity index (χ1n) is 11.0. The first-order chi connectivity index (χ1) is 16.4. The zero-order chi connectivity index (χ0) is 22.6. The fourth-order valence-corrected chi connectivity index (χ4v) is 6.52. The maximum Gasteiger partial charge on any atom is 0.408 e. The van der Waals surface area contributed by atoms with Crippen molar-refractivity contribution in [2.24, 2.45) is 0 Å². The van der Waals surface area contributed by atoms with Crippen LogP contribution in [0.15, 0.2) is 127 Å². The zero-order valence-corrected chi connectivity index (χ0v) is 19.4. The van der Waals surface area contributed by atoms with Gasteiger partial charge in [-0.15, -0.1) is 0 Å². The van der Waals surface area contributed by atoms with Gasteiger partial charge in [0.15, 0.2) is 0 Å². The van der Waals surface area contributed by atoms with E-state index in [9.17, 15) is 0 Å². The second-order valence-electron chi connectivity index (χ2n) is 7.43. The van der Waals surface area contributed by atoms with E-state index in [0.717, 1.165) is 21.5 Å². The lowest BCUT2D eigenvalue weighted by atomic mass is 10.2. The number of hydrogen-bond acceptors (Lipinski definition) is 2. The summed E-state index contributed by atoms with van der Waals surface area (Å²) >= 11 is 0. The SMILES string of the molecule is C(#Cc1ccccc1)CO[Si](OC/C=C/c1ccccc1)(c1ccccc1)c1ccccc1. The Morgan fingerprint density at radius 1 is 0.606 bits per heavy atom. The van der Waals surface area contributed by atoms with Gasteiger partial charge in [0.1, 0.15) is 0 Å². The van der Waals surface area contributed by atoms with Gasteiger partial charge in [-0.1, -0.05) is 133 Å². The normalized spacial score (nSPS) is 11.2. The smallest absolute Gasteiger partial charge is 0.384 e. The van der Waals surface area contributed by atoms with Gasteiger partial charge in [-0.2, -0.15) is 0 Å². The van der Waals surface area contributed by atoms with Crippen LogP contribution < -0.4 is 10.4 Å². The summed E-state index contributed by atoms with van der Waals surface area (Å²) in [4.78, 5) is 0. The Hall–Kier alpha value is -3.68. The fourth-order valence-electron chi connectivity index (χ4n) is 3.57. The van der Waals surface area contributed by atoms with Crippen LogP contribution in [0, 0.1) is 11.8 Å². The Kier molecular flexibility index (Phi) is 8.05. The Morgan fingerprint density at radius 3 is 1.70 bits per heavy atom. The topological polar surface area (TPSA) is 18.5 Å². The van der Waals surface area contributed by atoms with Crippen molar-refractivity contribution in [2.75, 3.05) is 13.2 Å². The van der Waals surface area contributed by atoms with Gasteiger partial charge in [0.25, 0.3) is 0 Å². The van der Waals surface area contributed by atoms with Crippen LogP contribution in [0.2, 0.25) is 0 Å². The molecule has 0 atom stereocenters. The second kappa shape index (κ2) is 11.8. The number of rotatable bonds is 8. The van der Waals surface area contributed by atoms with Crippen molar-refractivity contribution >= 4 is 25.0 Å². The molecular weight excluding hydrogens is 420 g/mol. The van der Waals surface area contributed by atoms with E-state index in [-0.39, 0.29) is 6.61 Å². The summed E-state index contributed by atoms with van der Waals surface area (Å²) in [6.45, 7) is 0.727. The molecule has 4 aromatic carbocycles. The molecule has 162 valence electrons. The predicted octanol–water partition coefficient (Wildman–Crippen LogP) is 5.04. The van der Waals surface area contributed by atoms with E-state index in [0.29, 0.717) is 6.61 Å². The predicted molar refractivity (Wildman–Crippen MR) is 139 cm³/mol. The van der Waals surface area contributed by atoms with Gasteiger partial charge in [0.05, 0.1) is 13.2 Å². The van der Waals surface area contributed by atoms with Crippen molar-refractivity contribution < 1.29 is 8.85 Å². The standard InChI is InChI=1S/C30H26O2Si/c1-5-15-27(16-6-1)19-13-25-31-33(29-21-9-3-10-22-29,30-23-11-4-12-24-30)32-26-14-20-28-17-7-2-8-18-28/h1-13,15-19,21-24H,25-26H2/b19-13+. The lowest BCUT2D eigenvalue weighted by Crippen LogP contribution is -2.63. The van der Waals surface area contributed by atoms with Crippen LogP contribution in [0.5, 0.6) is 0 Å². The lowest BCUT2D eigenvalue weighted by molar-refractivity contribution is 0.230. The minimum Gasteiger partial charge on any atom is -0.384 e. The molecule has 0 unspecified atom stereocenters. The molecule has 0 saturated carbocycles. The van der Waals surface area contributed by atoms with Crippen LogP contribution in [0.3, 0.4) is 0 Å². The second-order valence-corrected chi connectivity index (χ2v) is 10.4. The summed E-state index contributed by atoms with van der Waals surface area (Å²) in [5, 5.41) is 2.12. The molecule has 33 heavy (non-hydrogen) atoms. The van der Waals surface area contributed by atoms with E-state index < -0.39 is 8.56 Å². The van der Waals surface area contributed by atoms with Gasteiger partial charge >= 0.3 is 8.56 Å². The monoisotopic (exact) mass is 446 g/mol. The molecule has 0 aliphatic rings. The summed E-state index contributed by atoms with van der Waals surface area (Å²) in [7, 11) is -2.98. The van der Waals surface area contributed by atoms with Crippen LogP contribution in [0.4, 0.5) is 0 Å². The molecule has 0 N–H and O–H groups in total. The molecule has 0 bridgehead atoms. The summed E-state index contributed by atoms with van der Waals surface area (Å²) in [6.07, 6.45) is 4.12.